The molecule has 0 fully saturated rings. The maximum atomic E-state index is 9.46. The molecule has 0 amide bonds. The van der Waals surface area contributed by atoms with Gasteiger partial charge in [0.05, 0.1) is 6.61 Å². The molecule has 3 N–H and O–H groups in total. The molecular weight excluding hydrogens is 1190 g/mol. The van der Waals surface area contributed by atoms with Crippen LogP contribution in [0.2, 0.25) is 10.0 Å². The van der Waals surface area contributed by atoms with E-state index in [1.165, 1.54) is 55.6 Å². The number of phenols is 3. The molecule has 0 atom stereocenters. The second kappa shape index (κ2) is 46.0. The standard InChI is InChI=1S/C11H16O.2C10H14O.3C10H14.2C9H11Cl.C9H12O/c1-4-12-11-7-5-6-10(8-11)9(2)3;1-7(2)9-5-4-8(3)10(11)6-9;1-7(2)9-5-4-8(3)6-10(9)11;2*1-8(2)10-6-4-9(3)5-7-10;1-8(2)10-6-4-5-9(3)7-10;1-7(2)8-4-3-5-9(10)6-8;2*1-7(2)8-5-3-4-6-9(8)10/h5-9H,4H2,1-3H3;2*4-7,11H,1-3H3;3*4-8H,1-3H3;2*3-7H,1-2H3;3-7,10H,1-2H3. The lowest BCUT2D eigenvalue weighted by Crippen LogP contribution is -1.93. The van der Waals surface area contributed by atoms with E-state index in [0.29, 0.717) is 70.5 Å². The van der Waals surface area contributed by atoms with Crippen molar-refractivity contribution in [2.24, 2.45) is 0 Å². The summed E-state index contributed by atoms with van der Waals surface area (Å²) in [6, 6.07) is 69.4. The lowest BCUT2D eigenvalue weighted by atomic mass is 10.0. The predicted molar refractivity (Wildman–Crippen MR) is 415 cm³/mol. The van der Waals surface area contributed by atoms with Crippen LogP contribution in [-0.4, -0.2) is 21.9 Å². The average Bonchev–Trinajstić information content (AvgIpc) is 1.80. The average molecular weight is 1310 g/mol. The minimum atomic E-state index is 0.399. The first-order valence-corrected chi connectivity index (χ1v) is 34.7. The van der Waals surface area contributed by atoms with Gasteiger partial charge in [-0.25, -0.2) is 0 Å². The summed E-state index contributed by atoms with van der Waals surface area (Å²) in [7, 11) is 0. The van der Waals surface area contributed by atoms with Crippen molar-refractivity contribution < 1.29 is 20.1 Å². The van der Waals surface area contributed by atoms with Gasteiger partial charge >= 0.3 is 0 Å². The molecule has 0 aromatic heterocycles. The van der Waals surface area contributed by atoms with Crippen molar-refractivity contribution >= 4 is 23.2 Å². The first kappa shape index (κ1) is 84.8. The van der Waals surface area contributed by atoms with Gasteiger partial charge in [-0.1, -0.05) is 322 Å². The van der Waals surface area contributed by atoms with E-state index in [2.05, 4.69) is 249 Å². The fourth-order valence-corrected chi connectivity index (χ4v) is 9.53. The van der Waals surface area contributed by atoms with Gasteiger partial charge in [-0.05, 0) is 205 Å². The number of para-hydroxylation sites is 1. The fourth-order valence-electron chi connectivity index (χ4n) is 8.97. The molecule has 9 aromatic rings. The highest BCUT2D eigenvalue weighted by atomic mass is 35.5. The molecule has 0 heterocycles. The Kier molecular flexibility index (Phi) is 41.5. The Bertz CT molecular complexity index is 3310. The Morgan fingerprint density at radius 1 is 0.287 bits per heavy atom. The highest BCUT2D eigenvalue weighted by Crippen LogP contribution is 2.28. The highest BCUT2D eigenvalue weighted by molar-refractivity contribution is 6.31. The molecule has 0 spiro atoms. The van der Waals surface area contributed by atoms with Gasteiger partial charge in [0.1, 0.15) is 23.0 Å². The second-order valence-corrected chi connectivity index (χ2v) is 27.7. The van der Waals surface area contributed by atoms with E-state index in [0.717, 1.165) is 44.7 Å². The first-order chi connectivity index (χ1) is 44.2. The van der Waals surface area contributed by atoms with Gasteiger partial charge < -0.3 is 20.1 Å². The minimum absolute atomic E-state index is 0.399. The van der Waals surface area contributed by atoms with Crippen molar-refractivity contribution in [2.75, 3.05) is 6.61 Å². The number of rotatable bonds is 11. The van der Waals surface area contributed by atoms with Crippen LogP contribution in [0.1, 0.15) is 263 Å². The normalized spacial score (nSPS) is 10.4. The van der Waals surface area contributed by atoms with E-state index < -0.39 is 0 Å². The number of hydrogen-bond donors (Lipinski definition) is 3. The monoisotopic (exact) mass is 1310 g/mol. The molecule has 9 rings (SSSR count). The molecule has 0 bridgehead atoms. The number of phenolic OH excluding ortho intramolecular Hbond substituents is 3. The Morgan fingerprint density at radius 2 is 0.660 bits per heavy atom. The summed E-state index contributed by atoms with van der Waals surface area (Å²) < 4.78 is 5.40. The molecule has 0 saturated carbocycles. The molecule has 0 radical (unpaired) electrons. The lowest BCUT2D eigenvalue weighted by molar-refractivity contribution is 0.340. The van der Waals surface area contributed by atoms with Crippen molar-refractivity contribution in [3.05, 3.63) is 294 Å². The van der Waals surface area contributed by atoms with E-state index in [-0.39, 0.29) is 0 Å². The second-order valence-electron chi connectivity index (χ2n) is 26.9. The topological polar surface area (TPSA) is 69.9 Å². The van der Waals surface area contributed by atoms with Crippen molar-refractivity contribution in [3.63, 3.8) is 0 Å². The van der Waals surface area contributed by atoms with Crippen molar-refractivity contribution in [1.29, 1.82) is 0 Å². The Labute approximate surface area is 582 Å². The van der Waals surface area contributed by atoms with E-state index in [9.17, 15) is 15.3 Å². The molecule has 6 heteroatoms. The molecule has 0 aliphatic heterocycles. The molecule has 0 unspecified atom stereocenters. The number of aryl methyl sites for hydroxylation is 5. The summed E-state index contributed by atoms with van der Waals surface area (Å²) in [5, 5.41) is 29.8. The van der Waals surface area contributed by atoms with Gasteiger partial charge in [-0.3, -0.25) is 0 Å². The van der Waals surface area contributed by atoms with E-state index in [4.69, 9.17) is 27.9 Å². The van der Waals surface area contributed by atoms with Gasteiger partial charge in [0.2, 0.25) is 0 Å². The van der Waals surface area contributed by atoms with Crippen molar-refractivity contribution in [1.82, 2.24) is 0 Å². The predicted octanol–water partition coefficient (Wildman–Crippen LogP) is 27.7. The Morgan fingerprint density at radius 3 is 1.02 bits per heavy atom. The number of hydrogen-bond acceptors (Lipinski definition) is 4. The van der Waals surface area contributed by atoms with Crippen LogP contribution in [-0.2, 0) is 0 Å². The zero-order chi connectivity index (χ0) is 71.2. The maximum Gasteiger partial charge on any atom is 0.119 e. The number of benzene rings is 9. The van der Waals surface area contributed by atoms with Gasteiger partial charge in [-0.2, -0.15) is 0 Å². The van der Waals surface area contributed by atoms with Gasteiger partial charge in [0.15, 0.2) is 0 Å². The van der Waals surface area contributed by atoms with Crippen LogP contribution >= 0.6 is 23.2 Å². The molecular formula is C88H120Cl2O4. The number of halogens is 2. The molecule has 0 aliphatic carbocycles. The number of aromatic hydroxyl groups is 3. The minimum Gasteiger partial charge on any atom is -0.508 e. The van der Waals surface area contributed by atoms with Crippen molar-refractivity contribution in [2.45, 2.75) is 219 Å². The van der Waals surface area contributed by atoms with E-state index in [1.807, 2.05) is 112 Å². The van der Waals surface area contributed by atoms with E-state index >= 15 is 0 Å². The highest BCUT2D eigenvalue weighted by Gasteiger charge is 2.07. The van der Waals surface area contributed by atoms with Crippen LogP contribution in [0.3, 0.4) is 0 Å². The summed E-state index contributed by atoms with van der Waals surface area (Å²) in [6.07, 6.45) is 0. The summed E-state index contributed by atoms with van der Waals surface area (Å²) in [6.45, 7) is 51.7. The third-order valence-electron chi connectivity index (χ3n) is 15.3. The molecule has 0 saturated heterocycles. The zero-order valence-corrected chi connectivity index (χ0v) is 63.6. The summed E-state index contributed by atoms with van der Waals surface area (Å²) in [5.41, 5.74) is 17.4. The maximum absolute atomic E-state index is 9.46. The summed E-state index contributed by atoms with van der Waals surface area (Å²) in [4.78, 5) is 0. The molecule has 94 heavy (non-hydrogen) atoms. The summed E-state index contributed by atoms with van der Waals surface area (Å²) in [5.74, 6) is 7.11. The summed E-state index contributed by atoms with van der Waals surface area (Å²) >= 11 is 11.7. The molecule has 0 aliphatic rings. The van der Waals surface area contributed by atoms with Gasteiger partial charge in [0.25, 0.3) is 0 Å². The van der Waals surface area contributed by atoms with E-state index in [1.54, 1.807) is 12.1 Å². The van der Waals surface area contributed by atoms with Crippen LogP contribution < -0.4 is 4.74 Å². The Hall–Kier alpha value is -7.24. The smallest absolute Gasteiger partial charge is 0.119 e. The zero-order valence-electron chi connectivity index (χ0n) is 62.0. The quantitative estimate of drug-likeness (QED) is 0.121. The number of ether oxygens (including phenoxy) is 1. The third kappa shape index (κ3) is 35.3. The lowest BCUT2D eigenvalue weighted by Gasteiger charge is -2.07. The van der Waals surface area contributed by atoms with Gasteiger partial charge in [0, 0.05) is 10.0 Å². The van der Waals surface area contributed by atoms with Crippen LogP contribution in [0.15, 0.2) is 206 Å². The fraction of sp³-hybridized carbons (Fsp3) is 0.386. The van der Waals surface area contributed by atoms with Crippen LogP contribution in [0.5, 0.6) is 23.0 Å². The van der Waals surface area contributed by atoms with Crippen LogP contribution in [0, 0.1) is 34.6 Å². The SMILES string of the molecule is CC(C)c1cccc(Cl)c1.CC(C)c1ccccc1Cl.CC(C)c1ccccc1O.CCOc1cccc(C(C)C)c1.Cc1ccc(C(C)C)c(O)c1.Cc1ccc(C(C)C)cc1.Cc1ccc(C(C)C)cc1.Cc1ccc(C(C)C)cc1O.Cc1cccc(C(C)C)c1. The van der Waals surface area contributed by atoms with Gasteiger partial charge in [-0.15, -0.1) is 0 Å². The molecule has 510 valence electrons. The Balaban J connectivity index is 0.000000529. The van der Waals surface area contributed by atoms with Crippen LogP contribution in [0.25, 0.3) is 0 Å². The van der Waals surface area contributed by atoms with Crippen molar-refractivity contribution in [3.8, 4) is 23.0 Å². The molecule has 9 aromatic carbocycles. The first-order valence-electron chi connectivity index (χ1n) is 34.0. The van der Waals surface area contributed by atoms with Crippen LogP contribution in [0.4, 0.5) is 0 Å². The third-order valence-corrected chi connectivity index (χ3v) is 15.9. The largest absolute Gasteiger partial charge is 0.508 e. The molecule has 4 nitrogen and oxygen atoms in total.